The monoisotopic (exact) mass is 186 g/mol. The van der Waals surface area contributed by atoms with Crippen molar-refractivity contribution in [2.45, 2.75) is 32.8 Å². The Morgan fingerprint density at radius 3 is 2.31 bits per heavy atom. The standard InChI is InChI=1S/C9H14O4/c1-4-9(2,3)13-8(12)6-5-7(10)11/h5-6H,4H2,1-3H3,(H,10,11)/b6-5-. The molecule has 1 N–H and O–H groups in total. The van der Waals surface area contributed by atoms with Gasteiger partial charge in [-0.1, -0.05) is 6.92 Å². The molecule has 0 saturated carbocycles. The Morgan fingerprint density at radius 2 is 1.92 bits per heavy atom. The van der Waals surface area contributed by atoms with Crippen LogP contribution in [0.2, 0.25) is 0 Å². The van der Waals surface area contributed by atoms with Gasteiger partial charge in [0.1, 0.15) is 5.60 Å². The van der Waals surface area contributed by atoms with Crippen molar-refractivity contribution in [3.8, 4) is 0 Å². The van der Waals surface area contributed by atoms with Crippen molar-refractivity contribution in [3.05, 3.63) is 12.2 Å². The molecule has 4 nitrogen and oxygen atoms in total. The number of carbonyl (C=O) groups excluding carboxylic acids is 1. The zero-order chi connectivity index (χ0) is 10.5. The van der Waals surface area contributed by atoms with Gasteiger partial charge in [-0.2, -0.15) is 0 Å². The molecule has 0 aliphatic rings. The first-order valence-corrected chi connectivity index (χ1v) is 4.01. The van der Waals surface area contributed by atoms with E-state index in [1.54, 1.807) is 13.8 Å². The second-order valence-electron chi connectivity index (χ2n) is 3.21. The van der Waals surface area contributed by atoms with Crippen molar-refractivity contribution < 1.29 is 19.4 Å². The number of carboxylic acids is 1. The zero-order valence-electron chi connectivity index (χ0n) is 8.03. The van der Waals surface area contributed by atoms with E-state index in [1.165, 1.54) is 0 Å². The third-order valence-electron chi connectivity index (χ3n) is 1.59. The summed E-state index contributed by atoms with van der Waals surface area (Å²) in [5.41, 5.74) is -0.542. The average Bonchev–Trinajstić information content (AvgIpc) is 2.00. The number of ether oxygens (including phenoxy) is 1. The summed E-state index contributed by atoms with van der Waals surface area (Å²) in [6.07, 6.45) is 2.34. The molecule has 0 amide bonds. The maximum absolute atomic E-state index is 10.9. The summed E-state index contributed by atoms with van der Waals surface area (Å²) in [4.78, 5) is 21.0. The van der Waals surface area contributed by atoms with Crippen LogP contribution in [-0.4, -0.2) is 22.6 Å². The molecule has 0 atom stereocenters. The lowest BCUT2D eigenvalue weighted by molar-refractivity contribution is -0.150. The number of hydrogen-bond acceptors (Lipinski definition) is 3. The smallest absolute Gasteiger partial charge is 0.331 e. The average molecular weight is 186 g/mol. The maximum atomic E-state index is 10.9. The summed E-state index contributed by atoms with van der Waals surface area (Å²) in [6.45, 7) is 5.41. The number of carbonyl (C=O) groups is 2. The molecule has 0 aromatic heterocycles. The second kappa shape index (κ2) is 4.64. The summed E-state index contributed by atoms with van der Waals surface area (Å²) in [7, 11) is 0. The van der Waals surface area contributed by atoms with E-state index < -0.39 is 17.5 Å². The van der Waals surface area contributed by atoms with Gasteiger partial charge < -0.3 is 9.84 Å². The number of carboxylic acid groups (broad SMARTS) is 1. The highest BCUT2D eigenvalue weighted by Crippen LogP contribution is 2.13. The molecule has 0 saturated heterocycles. The molecule has 0 bridgehead atoms. The quantitative estimate of drug-likeness (QED) is 0.531. The molecule has 13 heavy (non-hydrogen) atoms. The van der Waals surface area contributed by atoms with E-state index >= 15 is 0 Å². The minimum atomic E-state index is -1.16. The lowest BCUT2D eigenvalue weighted by Crippen LogP contribution is -2.26. The fourth-order valence-corrected chi connectivity index (χ4v) is 0.518. The molecule has 0 fully saturated rings. The molecular formula is C9H14O4. The SMILES string of the molecule is CCC(C)(C)OC(=O)/C=C\C(=O)O. The molecule has 74 valence electrons. The van der Waals surface area contributed by atoms with Gasteiger partial charge in [0.15, 0.2) is 0 Å². The lowest BCUT2D eigenvalue weighted by atomic mass is 10.1. The zero-order valence-corrected chi connectivity index (χ0v) is 8.03. The Bertz CT molecular complexity index is 228. The second-order valence-corrected chi connectivity index (χ2v) is 3.21. The molecule has 0 unspecified atom stereocenters. The largest absolute Gasteiger partial charge is 0.478 e. The van der Waals surface area contributed by atoms with E-state index in [-0.39, 0.29) is 0 Å². The van der Waals surface area contributed by atoms with Crippen LogP contribution in [0, 0.1) is 0 Å². The van der Waals surface area contributed by atoms with E-state index in [4.69, 9.17) is 9.84 Å². The van der Waals surface area contributed by atoms with Gasteiger partial charge in [-0.25, -0.2) is 9.59 Å². The maximum Gasteiger partial charge on any atom is 0.331 e. The van der Waals surface area contributed by atoms with Crippen LogP contribution in [0.3, 0.4) is 0 Å². The number of esters is 1. The van der Waals surface area contributed by atoms with Gasteiger partial charge in [0.05, 0.1) is 0 Å². The van der Waals surface area contributed by atoms with Gasteiger partial charge >= 0.3 is 11.9 Å². The first-order chi connectivity index (χ1) is 5.87. The third-order valence-corrected chi connectivity index (χ3v) is 1.59. The molecule has 0 aliphatic heterocycles. The van der Waals surface area contributed by atoms with Crippen LogP contribution < -0.4 is 0 Å². The summed E-state index contributed by atoms with van der Waals surface area (Å²) in [5, 5.41) is 8.22. The fraction of sp³-hybridized carbons (Fsp3) is 0.556. The highest BCUT2D eigenvalue weighted by molar-refractivity contribution is 5.90. The number of rotatable bonds is 4. The van der Waals surface area contributed by atoms with E-state index in [9.17, 15) is 9.59 Å². The molecule has 0 radical (unpaired) electrons. The van der Waals surface area contributed by atoms with Gasteiger partial charge in [-0.05, 0) is 20.3 Å². The molecular weight excluding hydrogens is 172 g/mol. The first-order valence-electron chi connectivity index (χ1n) is 4.01. The van der Waals surface area contributed by atoms with Gasteiger partial charge in [-0.3, -0.25) is 0 Å². The predicted molar refractivity (Wildman–Crippen MR) is 47.2 cm³/mol. The Balaban J connectivity index is 4.09. The van der Waals surface area contributed by atoms with E-state index in [1.807, 2.05) is 6.92 Å². The highest BCUT2D eigenvalue weighted by atomic mass is 16.6. The van der Waals surface area contributed by atoms with Crippen molar-refractivity contribution in [2.24, 2.45) is 0 Å². The lowest BCUT2D eigenvalue weighted by Gasteiger charge is -2.22. The van der Waals surface area contributed by atoms with Crippen molar-refractivity contribution in [2.75, 3.05) is 0 Å². The summed E-state index contributed by atoms with van der Waals surface area (Å²) in [6, 6.07) is 0. The van der Waals surface area contributed by atoms with Gasteiger partial charge in [0.2, 0.25) is 0 Å². The Labute approximate surface area is 77.2 Å². The molecule has 0 aromatic carbocycles. The topological polar surface area (TPSA) is 63.6 Å². The van der Waals surface area contributed by atoms with Crippen LogP contribution >= 0.6 is 0 Å². The van der Waals surface area contributed by atoms with Crippen LogP contribution in [0.5, 0.6) is 0 Å². The molecule has 0 aromatic rings. The fourth-order valence-electron chi connectivity index (χ4n) is 0.518. The van der Waals surface area contributed by atoms with Crippen molar-refractivity contribution in [1.29, 1.82) is 0 Å². The summed E-state index contributed by atoms with van der Waals surface area (Å²) >= 11 is 0. The van der Waals surface area contributed by atoms with Crippen molar-refractivity contribution in [3.63, 3.8) is 0 Å². The number of hydrogen-bond donors (Lipinski definition) is 1. The molecule has 0 heterocycles. The summed E-state index contributed by atoms with van der Waals surface area (Å²) in [5.74, 6) is -1.79. The minimum absolute atomic E-state index is 0.542. The molecule has 0 spiro atoms. The van der Waals surface area contributed by atoms with Gasteiger partial charge in [0.25, 0.3) is 0 Å². The van der Waals surface area contributed by atoms with Crippen LogP contribution in [0.25, 0.3) is 0 Å². The van der Waals surface area contributed by atoms with Crippen LogP contribution in [0.1, 0.15) is 27.2 Å². The normalized spacial score (nSPS) is 11.6. The van der Waals surface area contributed by atoms with Crippen LogP contribution in [0.15, 0.2) is 12.2 Å². The number of aliphatic carboxylic acids is 1. The van der Waals surface area contributed by atoms with E-state index in [0.29, 0.717) is 6.42 Å². The van der Waals surface area contributed by atoms with Gasteiger partial charge in [0, 0.05) is 12.2 Å². The van der Waals surface area contributed by atoms with Crippen molar-refractivity contribution >= 4 is 11.9 Å². The highest BCUT2D eigenvalue weighted by Gasteiger charge is 2.18. The van der Waals surface area contributed by atoms with E-state index in [2.05, 4.69) is 0 Å². The predicted octanol–water partition coefficient (Wildman–Crippen LogP) is 1.36. The molecule has 0 rings (SSSR count). The van der Waals surface area contributed by atoms with Crippen molar-refractivity contribution in [1.82, 2.24) is 0 Å². The van der Waals surface area contributed by atoms with Crippen LogP contribution in [0.4, 0.5) is 0 Å². The Kier molecular flexibility index (Phi) is 4.17. The van der Waals surface area contributed by atoms with Gasteiger partial charge in [-0.15, -0.1) is 0 Å². The molecule has 0 aliphatic carbocycles. The Hall–Kier alpha value is -1.32. The van der Waals surface area contributed by atoms with E-state index in [0.717, 1.165) is 12.2 Å². The summed E-state index contributed by atoms with van der Waals surface area (Å²) < 4.78 is 4.95. The molecule has 4 heteroatoms. The van der Waals surface area contributed by atoms with Crippen LogP contribution in [-0.2, 0) is 14.3 Å². The first kappa shape index (κ1) is 11.7. The third kappa shape index (κ3) is 5.90. The Morgan fingerprint density at radius 1 is 1.38 bits per heavy atom. The minimum Gasteiger partial charge on any atom is -0.478 e.